The number of methoxy groups -OCH3 is 2. The molecule has 2 aliphatic heterocycles. The zero-order valence-electron chi connectivity index (χ0n) is 20.3. The van der Waals surface area contributed by atoms with Gasteiger partial charge in [0.1, 0.15) is 31.1 Å². The summed E-state index contributed by atoms with van der Waals surface area (Å²) >= 11 is 0. The van der Waals surface area contributed by atoms with Crippen molar-refractivity contribution >= 4 is 17.6 Å². The number of aromatic nitrogens is 4. The Balaban J connectivity index is 1.87. The minimum atomic E-state index is -1.01. The number of anilines is 1. The van der Waals surface area contributed by atoms with Crippen LogP contribution in [0.25, 0.3) is 5.69 Å². The molecule has 0 radical (unpaired) electrons. The SMILES string of the molecule is COC(=O)C1=C(C(=O)OC)N(c2cc3c(cc2-n2cnnn2)OCCO3)C(N)=C(C#N)C1c1ccccc1. The standard InChI is InChI=1S/C25H21N7O6/c1-35-24(33)21-20(14-6-4-3-5-7-14)15(12-26)23(27)32(22(21)25(34)36-2)17-11-19-18(37-8-9-38-19)10-16(17)31-13-28-29-30-31/h3-7,10-11,13,20H,8-9,27H2,1-2H3. The molecule has 0 amide bonds. The summed E-state index contributed by atoms with van der Waals surface area (Å²) in [5, 5.41) is 21.6. The van der Waals surface area contributed by atoms with Gasteiger partial charge in [0.05, 0.1) is 48.7 Å². The van der Waals surface area contributed by atoms with Crippen LogP contribution in [0.2, 0.25) is 0 Å². The van der Waals surface area contributed by atoms with Crippen molar-refractivity contribution in [1.82, 2.24) is 20.2 Å². The summed E-state index contributed by atoms with van der Waals surface area (Å²) in [5.74, 6) is -2.09. The molecule has 38 heavy (non-hydrogen) atoms. The minimum Gasteiger partial charge on any atom is -0.486 e. The van der Waals surface area contributed by atoms with E-state index in [-0.39, 0.29) is 35.0 Å². The van der Waals surface area contributed by atoms with E-state index >= 15 is 0 Å². The molecule has 1 unspecified atom stereocenters. The largest absolute Gasteiger partial charge is 0.486 e. The highest BCUT2D eigenvalue weighted by Gasteiger charge is 2.44. The van der Waals surface area contributed by atoms with Gasteiger partial charge in [-0.2, -0.15) is 9.94 Å². The lowest BCUT2D eigenvalue weighted by Crippen LogP contribution is -2.41. The number of nitrogens with two attached hydrogens (primary N) is 1. The monoisotopic (exact) mass is 515 g/mol. The van der Waals surface area contributed by atoms with Crippen molar-refractivity contribution in [2.75, 3.05) is 32.3 Å². The van der Waals surface area contributed by atoms with Crippen LogP contribution in [0, 0.1) is 11.3 Å². The van der Waals surface area contributed by atoms with E-state index in [1.165, 1.54) is 30.1 Å². The van der Waals surface area contributed by atoms with Crippen LogP contribution in [-0.2, 0) is 19.1 Å². The summed E-state index contributed by atoms with van der Waals surface area (Å²) in [6.07, 6.45) is 1.33. The van der Waals surface area contributed by atoms with Crippen LogP contribution in [0.4, 0.5) is 5.69 Å². The van der Waals surface area contributed by atoms with Gasteiger partial charge in [-0.25, -0.2) is 9.59 Å². The Bertz CT molecular complexity index is 1510. The number of benzene rings is 2. The molecule has 0 aliphatic carbocycles. The summed E-state index contributed by atoms with van der Waals surface area (Å²) in [6.45, 7) is 0.610. The highest BCUT2D eigenvalue weighted by molar-refractivity contribution is 6.07. The zero-order valence-corrected chi connectivity index (χ0v) is 20.3. The molecule has 0 fully saturated rings. The Labute approximate surface area is 216 Å². The lowest BCUT2D eigenvalue weighted by molar-refractivity contribution is -0.139. The maximum absolute atomic E-state index is 13.4. The molecular weight excluding hydrogens is 494 g/mol. The Morgan fingerprint density at radius 2 is 1.71 bits per heavy atom. The van der Waals surface area contributed by atoms with Crippen LogP contribution in [0.3, 0.4) is 0 Å². The summed E-state index contributed by atoms with van der Waals surface area (Å²) in [7, 11) is 2.35. The normalized spacial score (nSPS) is 16.7. The first-order chi connectivity index (χ1) is 18.5. The molecule has 0 bridgehead atoms. The highest BCUT2D eigenvalue weighted by Crippen LogP contribution is 2.47. The number of fused-ring (bicyclic) bond motifs is 1. The van der Waals surface area contributed by atoms with Gasteiger partial charge in [0.2, 0.25) is 0 Å². The number of nitrogens with zero attached hydrogens (tertiary/aromatic N) is 6. The van der Waals surface area contributed by atoms with E-state index in [1.807, 2.05) is 0 Å². The number of tetrazole rings is 1. The Morgan fingerprint density at radius 3 is 2.29 bits per heavy atom. The Hall–Kier alpha value is -5.38. The lowest BCUT2D eigenvalue weighted by atomic mass is 9.81. The molecule has 2 N–H and O–H groups in total. The first-order valence-electron chi connectivity index (χ1n) is 11.3. The number of esters is 2. The third-order valence-corrected chi connectivity index (χ3v) is 6.09. The van der Waals surface area contributed by atoms with Crippen LogP contribution in [0.5, 0.6) is 11.5 Å². The third kappa shape index (κ3) is 3.94. The van der Waals surface area contributed by atoms with E-state index in [9.17, 15) is 14.9 Å². The zero-order chi connectivity index (χ0) is 26.8. The van der Waals surface area contributed by atoms with Crippen LogP contribution < -0.4 is 20.1 Å². The molecule has 1 atom stereocenters. The maximum Gasteiger partial charge on any atom is 0.355 e. The van der Waals surface area contributed by atoms with Crippen LogP contribution in [0.1, 0.15) is 11.5 Å². The Kier molecular flexibility index (Phi) is 6.36. The molecule has 0 saturated carbocycles. The minimum absolute atomic E-state index is 0.0156. The molecule has 13 nitrogen and oxygen atoms in total. The van der Waals surface area contributed by atoms with Gasteiger partial charge in [0, 0.05) is 12.1 Å². The van der Waals surface area contributed by atoms with E-state index in [0.29, 0.717) is 29.4 Å². The average molecular weight is 515 g/mol. The quantitative estimate of drug-likeness (QED) is 0.485. The van der Waals surface area contributed by atoms with Crippen molar-refractivity contribution in [2.24, 2.45) is 5.73 Å². The van der Waals surface area contributed by atoms with E-state index in [4.69, 9.17) is 24.7 Å². The van der Waals surface area contributed by atoms with Gasteiger partial charge in [0.15, 0.2) is 11.5 Å². The topological polar surface area (TPSA) is 168 Å². The molecule has 192 valence electrons. The number of ether oxygens (including phenoxy) is 4. The molecule has 0 saturated heterocycles. The van der Waals surface area contributed by atoms with E-state index in [1.54, 1.807) is 42.5 Å². The predicted molar refractivity (Wildman–Crippen MR) is 130 cm³/mol. The summed E-state index contributed by atoms with van der Waals surface area (Å²) < 4.78 is 23.0. The molecule has 13 heteroatoms. The molecule has 2 aliphatic rings. The second-order valence-electron chi connectivity index (χ2n) is 8.07. The van der Waals surface area contributed by atoms with Crippen molar-refractivity contribution < 1.29 is 28.5 Å². The average Bonchev–Trinajstić information content (AvgIpc) is 3.50. The van der Waals surface area contributed by atoms with Gasteiger partial charge in [-0.3, -0.25) is 4.90 Å². The second kappa shape index (κ2) is 9.94. The van der Waals surface area contributed by atoms with Crippen LogP contribution in [0.15, 0.2) is 71.5 Å². The van der Waals surface area contributed by atoms with Crippen molar-refractivity contribution in [2.45, 2.75) is 5.92 Å². The molecule has 3 aromatic rings. The number of hydrogen-bond acceptors (Lipinski definition) is 12. The first kappa shape index (κ1) is 24.3. The summed E-state index contributed by atoms with van der Waals surface area (Å²) in [6, 6.07) is 14.0. The molecule has 1 aromatic heterocycles. The molecule has 2 aromatic carbocycles. The fourth-order valence-electron chi connectivity index (χ4n) is 4.47. The molecular formula is C25H21N7O6. The van der Waals surface area contributed by atoms with Gasteiger partial charge in [0.25, 0.3) is 0 Å². The predicted octanol–water partition coefficient (Wildman–Crippen LogP) is 1.33. The number of allylic oxidation sites excluding steroid dienone is 1. The number of rotatable bonds is 5. The van der Waals surface area contributed by atoms with Crippen LogP contribution >= 0.6 is 0 Å². The molecule has 3 heterocycles. The van der Waals surface area contributed by atoms with Crippen molar-refractivity contribution in [1.29, 1.82) is 5.26 Å². The smallest absolute Gasteiger partial charge is 0.355 e. The van der Waals surface area contributed by atoms with E-state index in [0.717, 1.165) is 0 Å². The van der Waals surface area contributed by atoms with Crippen molar-refractivity contribution in [3.63, 3.8) is 0 Å². The van der Waals surface area contributed by atoms with Crippen molar-refractivity contribution in [3.05, 3.63) is 77.0 Å². The van der Waals surface area contributed by atoms with Gasteiger partial charge in [-0.05, 0) is 16.0 Å². The number of carbonyl (C=O) groups excluding carboxylic acids is 2. The summed E-state index contributed by atoms with van der Waals surface area (Å²) in [4.78, 5) is 28.0. The number of carbonyl (C=O) groups is 2. The lowest BCUT2D eigenvalue weighted by Gasteiger charge is -2.37. The van der Waals surface area contributed by atoms with Gasteiger partial charge in [-0.15, -0.1) is 5.10 Å². The van der Waals surface area contributed by atoms with E-state index in [2.05, 4.69) is 21.6 Å². The van der Waals surface area contributed by atoms with Gasteiger partial charge >= 0.3 is 11.9 Å². The first-order valence-corrected chi connectivity index (χ1v) is 11.3. The second-order valence-corrected chi connectivity index (χ2v) is 8.07. The summed E-state index contributed by atoms with van der Waals surface area (Å²) in [5.41, 5.74) is 7.38. The van der Waals surface area contributed by atoms with E-state index < -0.39 is 17.9 Å². The third-order valence-electron chi connectivity index (χ3n) is 6.09. The highest BCUT2D eigenvalue weighted by atomic mass is 16.6. The van der Waals surface area contributed by atoms with Gasteiger partial charge in [-0.1, -0.05) is 30.3 Å². The fraction of sp³-hybridized carbons (Fsp3) is 0.200. The number of hydrogen-bond donors (Lipinski definition) is 1. The fourth-order valence-corrected chi connectivity index (χ4v) is 4.47. The van der Waals surface area contributed by atoms with Crippen molar-refractivity contribution in [3.8, 4) is 23.3 Å². The van der Waals surface area contributed by atoms with Crippen LogP contribution in [-0.4, -0.2) is 59.6 Å². The maximum atomic E-state index is 13.4. The molecule has 0 spiro atoms. The molecule has 5 rings (SSSR count). The van der Waals surface area contributed by atoms with Gasteiger partial charge < -0.3 is 24.7 Å². The Morgan fingerprint density at radius 1 is 1.05 bits per heavy atom. The number of nitriles is 1.